The molecule has 0 radical (unpaired) electrons. The summed E-state index contributed by atoms with van der Waals surface area (Å²) in [5.74, 6) is 0.759. The van der Waals surface area contributed by atoms with Gasteiger partial charge in [-0.1, -0.05) is 12.1 Å². The SMILES string of the molecule is COc1ccc(CC(=O)Nc2ccc(N3CCOCC3C)cc2)cc1. The Balaban J connectivity index is 1.57. The number of morpholine rings is 1. The van der Waals surface area contributed by atoms with Crippen LogP contribution in [-0.2, 0) is 16.0 Å². The van der Waals surface area contributed by atoms with Crippen LogP contribution in [0.5, 0.6) is 5.75 Å². The molecule has 5 nitrogen and oxygen atoms in total. The minimum atomic E-state index is -0.0299. The first-order chi connectivity index (χ1) is 12.2. The zero-order chi connectivity index (χ0) is 17.6. The summed E-state index contributed by atoms with van der Waals surface area (Å²) in [5, 5.41) is 2.95. The van der Waals surface area contributed by atoms with Gasteiger partial charge in [0.25, 0.3) is 0 Å². The van der Waals surface area contributed by atoms with E-state index in [9.17, 15) is 4.79 Å². The van der Waals surface area contributed by atoms with E-state index in [1.807, 2.05) is 48.5 Å². The first-order valence-corrected chi connectivity index (χ1v) is 8.53. The highest BCUT2D eigenvalue weighted by Crippen LogP contribution is 2.22. The summed E-state index contributed by atoms with van der Waals surface area (Å²) < 4.78 is 10.6. The summed E-state index contributed by atoms with van der Waals surface area (Å²) in [6.45, 7) is 4.55. The molecule has 1 amide bonds. The fraction of sp³-hybridized carbons (Fsp3) is 0.350. The molecule has 1 N–H and O–H groups in total. The van der Waals surface area contributed by atoms with Crippen LogP contribution >= 0.6 is 0 Å². The Labute approximate surface area is 148 Å². The first kappa shape index (κ1) is 17.3. The highest BCUT2D eigenvalue weighted by molar-refractivity contribution is 5.92. The van der Waals surface area contributed by atoms with Crippen LogP contribution in [0.1, 0.15) is 12.5 Å². The fourth-order valence-electron chi connectivity index (χ4n) is 2.98. The van der Waals surface area contributed by atoms with E-state index in [2.05, 4.69) is 17.1 Å². The molecule has 2 aromatic rings. The molecule has 1 atom stereocenters. The summed E-state index contributed by atoms with van der Waals surface area (Å²) in [5.41, 5.74) is 2.92. The minimum Gasteiger partial charge on any atom is -0.497 e. The molecule has 2 aromatic carbocycles. The molecule has 1 saturated heterocycles. The minimum absolute atomic E-state index is 0.0299. The summed E-state index contributed by atoms with van der Waals surface area (Å²) >= 11 is 0. The van der Waals surface area contributed by atoms with Gasteiger partial charge in [0, 0.05) is 24.0 Å². The molecule has 5 heteroatoms. The van der Waals surface area contributed by atoms with Gasteiger partial charge in [-0.25, -0.2) is 0 Å². The third kappa shape index (κ3) is 4.51. The van der Waals surface area contributed by atoms with Crippen molar-refractivity contribution in [3.8, 4) is 5.75 Å². The van der Waals surface area contributed by atoms with Gasteiger partial charge >= 0.3 is 0 Å². The number of ether oxygens (including phenoxy) is 2. The van der Waals surface area contributed by atoms with Gasteiger partial charge in [0.15, 0.2) is 0 Å². The number of methoxy groups -OCH3 is 1. The lowest BCUT2D eigenvalue weighted by atomic mass is 10.1. The molecular weight excluding hydrogens is 316 g/mol. The Bertz CT molecular complexity index is 698. The van der Waals surface area contributed by atoms with Crippen molar-refractivity contribution in [2.45, 2.75) is 19.4 Å². The van der Waals surface area contributed by atoms with Gasteiger partial charge in [-0.05, 0) is 48.9 Å². The van der Waals surface area contributed by atoms with Crippen molar-refractivity contribution >= 4 is 17.3 Å². The quantitative estimate of drug-likeness (QED) is 0.909. The van der Waals surface area contributed by atoms with E-state index in [1.165, 1.54) is 0 Å². The Morgan fingerprint density at radius 1 is 1.20 bits per heavy atom. The maximum Gasteiger partial charge on any atom is 0.228 e. The normalized spacial score (nSPS) is 17.2. The van der Waals surface area contributed by atoms with Crippen molar-refractivity contribution in [2.24, 2.45) is 0 Å². The molecule has 1 aliphatic heterocycles. The summed E-state index contributed by atoms with van der Waals surface area (Å²) in [4.78, 5) is 14.5. The van der Waals surface area contributed by atoms with Crippen molar-refractivity contribution in [1.29, 1.82) is 0 Å². The summed E-state index contributed by atoms with van der Waals surface area (Å²) in [7, 11) is 1.63. The second-order valence-electron chi connectivity index (χ2n) is 6.24. The number of nitrogens with zero attached hydrogens (tertiary/aromatic N) is 1. The van der Waals surface area contributed by atoms with Crippen LogP contribution in [-0.4, -0.2) is 38.8 Å². The van der Waals surface area contributed by atoms with Gasteiger partial charge in [-0.2, -0.15) is 0 Å². The van der Waals surface area contributed by atoms with E-state index in [0.29, 0.717) is 12.5 Å². The number of hydrogen-bond acceptors (Lipinski definition) is 4. The van der Waals surface area contributed by atoms with Gasteiger partial charge in [-0.3, -0.25) is 4.79 Å². The first-order valence-electron chi connectivity index (χ1n) is 8.53. The molecule has 0 aliphatic carbocycles. The predicted octanol–water partition coefficient (Wildman–Crippen LogP) is 3.10. The standard InChI is InChI=1S/C20H24N2O3/c1-15-14-25-12-11-22(15)18-7-5-17(6-8-18)21-20(23)13-16-3-9-19(24-2)10-4-16/h3-10,15H,11-14H2,1-2H3,(H,21,23). The molecule has 0 spiro atoms. The number of hydrogen-bond donors (Lipinski definition) is 1. The number of amides is 1. The molecular formula is C20H24N2O3. The van der Waals surface area contributed by atoms with E-state index < -0.39 is 0 Å². The lowest BCUT2D eigenvalue weighted by Gasteiger charge is -2.35. The lowest BCUT2D eigenvalue weighted by molar-refractivity contribution is -0.115. The van der Waals surface area contributed by atoms with Crippen molar-refractivity contribution in [2.75, 3.05) is 37.1 Å². The molecule has 1 aliphatic rings. The van der Waals surface area contributed by atoms with Gasteiger partial charge in [0.05, 0.1) is 26.7 Å². The monoisotopic (exact) mass is 340 g/mol. The van der Waals surface area contributed by atoms with Crippen molar-refractivity contribution in [3.63, 3.8) is 0 Å². The van der Waals surface area contributed by atoms with Crippen LogP contribution in [0.15, 0.2) is 48.5 Å². The number of rotatable bonds is 5. The zero-order valence-corrected chi connectivity index (χ0v) is 14.7. The highest BCUT2D eigenvalue weighted by atomic mass is 16.5. The smallest absolute Gasteiger partial charge is 0.228 e. The second kappa shape index (κ2) is 8.03. The Morgan fingerprint density at radius 3 is 2.56 bits per heavy atom. The predicted molar refractivity (Wildman–Crippen MR) is 99.4 cm³/mol. The molecule has 0 bridgehead atoms. The van der Waals surface area contributed by atoms with Gasteiger partial charge in [0.1, 0.15) is 5.75 Å². The van der Waals surface area contributed by atoms with E-state index in [4.69, 9.17) is 9.47 Å². The third-order valence-corrected chi connectivity index (χ3v) is 4.37. The maximum absolute atomic E-state index is 12.2. The van der Waals surface area contributed by atoms with E-state index in [1.54, 1.807) is 7.11 Å². The topological polar surface area (TPSA) is 50.8 Å². The Kier molecular flexibility index (Phi) is 5.56. The van der Waals surface area contributed by atoms with Gasteiger partial charge < -0.3 is 19.7 Å². The lowest BCUT2D eigenvalue weighted by Crippen LogP contribution is -2.43. The van der Waals surface area contributed by atoms with Crippen LogP contribution in [0.25, 0.3) is 0 Å². The van der Waals surface area contributed by atoms with Crippen molar-refractivity contribution in [3.05, 3.63) is 54.1 Å². The van der Waals surface area contributed by atoms with Crippen LogP contribution in [0.4, 0.5) is 11.4 Å². The number of nitrogens with one attached hydrogen (secondary N) is 1. The average molecular weight is 340 g/mol. The molecule has 132 valence electrons. The summed E-state index contributed by atoms with van der Waals surface area (Å²) in [6.07, 6.45) is 0.340. The van der Waals surface area contributed by atoms with Crippen LogP contribution in [0.2, 0.25) is 0 Å². The van der Waals surface area contributed by atoms with Crippen molar-refractivity contribution < 1.29 is 14.3 Å². The Hall–Kier alpha value is -2.53. The largest absolute Gasteiger partial charge is 0.497 e. The van der Waals surface area contributed by atoms with Crippen molar-refractivity contribution in [1.82, 2.24) is 0 Å². The average Bonchev–Trinajstić information content (AvgIpc) is 2.63. The molecule has 1 fully saturated rings. The number of anilines is 2. The highest BCUT2D eigenvalue weighted by Gasteiger charge is 2.18. The number of carbonyl (C=O) groups excluding carboxylic acids is 1. The maximum atomic E-state index is 12.2. The second-order valence-corrected chi connectivity index (χ2v) is 6.24. The fourth-order valence-corrected chi connectivity index (χ4v) is 2.98. The zero-order valence-electron chi connectivity index (χ0n) is 14.7. The Morgan fingerprint density at radius 2 is 1.92 bits per heavy atom. The van der Waals surface area contributed by atoms with E-state index in [0.717, 1.165) is 42.4 Å². The molecule has 25 heavy (non-hydrogen) atoms. The molecule has 1 unspecified atom stereocenters. The van der Waals surface area contributed by atoms with Gasteiger partial charge in [-0.15, -0.1) is 0 Å². The third-order valence-electron chi connectivity index (χ3n) is 4.37. The molecule has 1 heterocycles. The van der Waals surface area contributed by atoms with Crippen LogP contribution in [0.3, 0.4) is 0 Å². The summed E-state index contributed by atoms with van der Waals surface area (Å²) in [6, 6.07) is 15.9. The van der Waals surface area contributed by atoms with E-state index >= 15 is 0 Å². The molecule has 0 aromatic heterocycles. The van der Waals surface area contributed by atoms with Crippen LogP contribution < -0.4 is 15.0 Å². The van der Waals surface area contributed by atoms with Gasteiger partial charge in [0.2, 0.25) is 5.91 Å². The van der Waals surface area contributed by atoms with Crippen LogP contribution in [0, 0.1) is 0 Å². The molecule has 3 rings (SSSR count). The number of carbonyl (C=O) groups is 1. The van der Waals surface area contributed by atoms with E-state index in [-0.39, 0.29) is 5.91 Å². The number of benzene rings is 2. The molecule has 0 saturated carbocycles.